The Hall–Kier alpha value is -3.11. The van der Waals surface area contributed by atoms with Gasteiger partial charge in [0.15, 0.2) is 0 Å². The third kappa shape index (κ3) is 6.42. The molecule has 1 heterocycles. The number of hydrogen-bond donors (Lipinski definition) is 0. The lowest BCUT2D eigenvalue weighted by atomic mass is 9.98. The van der Waals surface area contributed by atoms with E-state index >= 15 is 0 Å². The van der Waals surface area contributed by atoms with Crippen molar-refractivity contribution in [2.75, 3.05) is 43.9 Å². The molecular weight excluding hydrogens is 511 g/mol. The van der Waals surface area contributed by atoms with Crippen LogP contribution in [0.15, 0.2) is 59.5 Å². The average molecular weight is 537 g/mol. The third-order valence-corrected chi connectivity index (χ3v) is 6.84. The molecule has 0 aliphatic carbocycles. The van der Waals surface area contributed by atoms with Gasteiger partial charge >= 0.3 is 0 Å². The molecular formula is C27H25F5N2O2S. The van der Waals surface area contributed by atoms with Crippen molar-refractivity contribution in [3.8, 4) is 11.1 Å². The van der Waals surface area contributed by atoms with E-state index in [1.165, 1.54) is 23.9 Å². The number of anilines is 1. The predicted molar refractivity (Wildman–Crippen MR) is 134 cm³/mol. The fourth-order valence-electron chi connectivity index (χ4n) is 4.25. The first-order valence-corrected chi connectivity index (χ1v) is 12.8. The van der Waals surface area contributed by atoms with E-state index in [2.05, 4.69) is 0 Å². The molecule has 196 valence electrons. The van der Waals surface area contributed by atoms with Crippen LogP contribution in [0.3, 0.4) is 0 Å². The van der Waals surface area contributed by atoms with E-state index < -0.39 is 30.5 Å². The van der Waals surface area contributed by atoms with E-state index in [1.807, 2.05) is 11.2 Å². The first-order chi connectivity index (χ1) is 17.8. The zero-order chi connectivity index (χ0) is 26.5. The Morgan fingerprint density at radius 2 is 1.65 bits per heavy atom. The molecule has 1 fully saturated rings. The maximum Gasteiger partial charge on any atom is 0.261 e. The topological polar surface area (TPSA) is 32.8 Å². The van der Waals surface area contributed by atoms with Crippen molar-refractivity contribution >= 4 is 23.4 Å². The lowest BCUT2D eigenvalue weighted by Gasteiger charge is -2.36. The number of benzene rings is 3. The Labute approximate surface area is 216 Å². The van der Waals surface area contributed by atoms with Crippen LogP contribution in [0, 0.1) is 17.5 Å². The maximum absolute atomic E-state index is 14.7. The van der Waals surface area contributed by atoms with E-state index in [4.69, 9.17) is 4.74 Å². The highest BCUT2D eigenvalue weighted by Crippen LogP contribution is 2.32. The van der Waals surface area contributed by atoms with Crippen LogP contribution in [0.2, 0.25) is 0 Å². The number of carbonyl (C=O) groups is 1. The summed E-state index contributed by atoms with van der Waals surface area (Å²) in [5.74, 6) is -2.25. The summed E-state index contributed by atoms with van der Waals surface area (Å²) in [6.07, 6.45) is -0.720. The van der Waals surface area contributed by atoms with Gasteiger partial charge in [-0.05, 0) is 53.8 Å². The number of alkyl halides is 2. The fourth-order valence-corrected chi connectivity index (χ4v) is 4.69. The third-order valence-electron chi connectivity index (χ3n) is 6.11. The molecule has 4 nitrogen and oxygen atoms in total. The van der Waals surface area contributed by atoms with Crippen molar-refractivity contribution in [3.05, 3.63) is 83.2 Å². The van der Waals surface area contributed by atoms with E-state index in [1.54, 1.807) is 35.2 Å². The molecule has 1 aliphatic rings. The van der Waals surface area contributed by atoms with Gasteiger partial charge in [0.1, 0.15) is 24.1 Å². The predicted octanol–water partition coefficient (Wildman–Crippen LogP) is 6.24. The fraction of sp³-hybridized carbons (Fsp3) is 0.296. The second-order valence-corrected chi connectivity index (χ2v) is 9.39. The van der Waals surface area contributed by atoms with Gasteiger partial charge in [-0.3, -0.25) is 4.79 Å². The SMILES string of the molecule is CSc1ccc(-c2ccc(F)cc2F)c(C(=O)N2CCN(c3ccc(COCC(F)F)cc3F)CC2)c1. The molecule has 1 saturated heterocycles. The minimum absolute atomic E-state index is 0.115. The summed E-state index contributed by atoms with van der Waals surface area (Å²) >= 11 is 1.44. The summed E-state index contributed by atoms with van der Waals surface area (Å²) in [5, 5.41) is 0. The summed E-state index contributed by atoms with van der Waals surface area (Å²) in [6.45, 7) is 0.530. The van der Waals surface area contributed by atoms with Gasteiger partial charge in [0.05, 0.1) is 12.3 Å². The van der Waals surface area contributed by atoms with Crippen LogP contribution in [-0.2, 0) is 11.3 Å². The summed E-state index contributed by atoms with van der Waals surface area (Å²) in [4.78, 5) is 17.8. The Morgan fingerprint density at radius 3 is 2.30 bits per heavy atom. The number of rotatable bonds is 8. The molecule has 0 radical (unpaired) electrons. The first-order valence-electron chi connectivity index (χ1n) is 11.6. The first kappa shape index (κ1) is 26.9. The number of carbonyl (C=O) groups excluding carboxylic acids is 1. The highest BCUT2D eigenvalue weighted by molar-refractivity contribution is 7.98. The Kier molecular flexibility index (Phi) is 8.71. The number of piperazine rings is 1. The lowest BCUT2D eigenvalue weighted by Crippen LogP contribution is -2.49. The summed E-state index contributed by atoms with van der Waals surface area (Å²) in [6, 6.07) is 12.9. The van der Waals surface area contributed by atoms with Gasteiger partial charge in [-0.2, -0.15) is 0 Å². The molecule has 3 aromatic carbocycles. The molecule has 37 heavy (non-hydrogen) atoms. The molecule has 0 N–H and O–H groups in total. The van der Waals surface area contributed by atoms with Gasteiger partial charge in [0.25, 0.3) is 12.3 Å². The summed E-state index contributed by atoms with van der Waals surface area (Å²) in [7, 11) is 0. The zero-order valence-electron chi connectivity index (χ0n) is 20.0. The summed E-state index contributed by atoms with van der Waals surface area (Å²) in [5.41, 5.74) is 1.62. The number of nitrogens with zero attached hydrogens (tertiary/aromatic N) is 2. The molecule has 0 unspecified atom stereocenters. The van der Waals surface area contributed by atoms with Crippen LogP contribution in [0.25, 0.3) is 11.1 Å². The Balaban J connectivity index is 1.48. The van der Waals surface area contributed by atoms with Crippen molar-refractivity contribution in [2.24, 2.45) is 0 Å². The van der Waals surface area contributed by atoms with Gasteiger partial charge in [0, 0.05) is 48.3 Å². The molecule has 0 aromatic heterocycles. The van der Waals surface area contributed by atoms with Crippen molar-refractivity contribution < 1.29 is 31.5 Å². The van der Waals surface area contributed by atoms with Crippen LogP contribution >= 0.6 is 11.8 Å². The normalized spacial score (nSPS) is 13.9. The van der Waals surface area contributed by atoms with Gasteiger partial charge in [-0.15, -0.1) is 11.8 Å². The molecule has 4 rings (SSSR count). The van der Waals surface area contributed by atoms with Crippen LogP contribution in [0.5, 0.6) is 0 Å². The molecule has 0 bridgehead atoms. The number of amides is 1. The lowest BCUT2D eigenvalue weighted by molar-refractivity contribution is 0.00982. The second kappa shape index (κ2) is 12.0. The van der Waals surface area contributed by atoms with Crippen molar-refractivity contribution in [1.29, 1.82) is 0 Å². The molecule has 0 atom stereocenters. The highest BCUT2D eigenvalue weighted by atomic mass is 32.2. The number of hydrogen-bond acceptors (Lipinski definition) is 4. The van der Waals surface area contributed by atoms with Crippen molar-refractivity contribution in [3.63, 3.8) is 0 Å². The quantitative estimate of drug-likeness (QED) is 0.252. The minimum Gasteiger partial charge on any atom is -0.371 e. The van der Waals surface area contributed by atoms with Crippen molar-refractivity contribution in [2.45, 2.75) is 17.9 Å². The minimum atomic E-state index is -2.59. The zero-order valence-corrected chi connectivity index (χ0v) is 20.8. The highest BCUT2D eigenvalue weighted by Gasteiger charge is 2.26. The van der Waals surface area contributed by atoms with E-state index in [0.717, 1.165) is 17.0 Å². The molecule has 0 spiro atoms. The van der Waals surface area contributed by atoms with Crippen LogP contribution < -0.4 is 4.90 Å². The molecule has 1 amide bonds. The number of halogens is 5. The Bertz CT molecular complexity index is 1270. The van der Waals surface area contributed by atoms with Gasteiger partial charge in [-0.25, -0.2) is 22.0 Å². The van der Waals surface area contributed by atoms with Crippen LogP contribution in [-0.4, -0.2) is 56.3 Å². The van der Waals surface area contributed by atoms with E-state index in [-0.39, 0.29) is 18.1 Å². The monoisotopic (exact) mass is 536 g/mol. The van der Waals surface area contributed by atoms with E-state index in [9.17, 15) is 26.7 Å². The van der Waals surface area contributed by atoms with Gasteiger partial charge < -0.3 is 14.5 Å². The van der Waals surface area contributed by atoms with Gasteiger partial charge in [-0.1, -0.05) is 12.1 Å². The van der Waals surface area contributed by atoms with Crippen LogP contribution in [0.4, 0.5) is 27.6 Å². The number of thioether (sulfide) groups is 1. The van der Waals surface area contributed by atoms with Gasteiger partial charge in [0.2, 0.25) is 0 Å². The summed E-state index contributed by atoms with van der Waals surface area (Å²) < 4.78 is 72.1. The molecule has 10 heteroatoms. The van der Waals surface area contributed by atoms with Crippen molar-refractivity contribution in [1.82, 2.24) is 4.90 Å². The average Bonchev–Trinajstić information content (AvgIpc) is 2.88. The van der Waals surface area contributed by atoms with Crippen LogP contribution in [0.1, 0.15) is 15.9 Å². The number of ether oxygens (including phenoxy) is 1. The standard InChI is InChI=1S/C27H25F5N2O2S/c1-37-19-4-6-20(21-5-3-18(28)13-23(21)29)22(14-19)27(35)34-10-8-33(9-11-34)25-7-2-17(12-24(25)30)15-36-16-26(31)32/h2-7,12-14,26H,8-11,15-16H2,1H3. The second-order valence-electron chi connectivity index (χ2n) is 8.51. The maximum atomic E-state index is 14.7. The molecule has 3 aromatic rings. The smallest absolute Gasteiger partial charge is 0.261 e. The van der Waals surface area contributed by atoms with E-state index in [0.29, 0.717) is 48.6 Å². The Morgan fingerprint density at radius 1 is 0.919 bits per heavy atom. The largest absolute Gasteiger partial charge is 0.371 e. The molecule has 0 saturated carbocycles. The molecule has 1 aliphatic heterocycles.